The second kappa shape index (κ2) is 3.25. The third-order valence-corrected chi connectivity index (χ3v) is 1.48. The first-order chi connectivity index (χ1) is 4.83. The van der Waals surface area contributed by atoms with E-state index in [2.05, 4.69) is 19.1 Å². The van der Waals surface area contributed by atoms with Gasteiger partial charge in [-0.05, 0) is 26.0 Å². The lowest BCUT2D eigenvalue weighted by atomic mass is 10.2. The Balaban J connectivity index is 2.56. The van der Waals surface area contributed by atoms with Gasteiger partial charge < -0.3 is 4.74 Å². The number of hydrogen-bond acceptors (Lipinski definition) is 1. The summed E-state index contributed by atoms with van der Waals surface area (Å²) < 4.78 is 5.17. The zero-order valence-electron chi connectivity index (χ0n) is 6.42. The van der Waals surface area contributed by atoms with Gasteiger partial charge in [0.1, 0.15) is 5.76 Å². The van der Waals surface area contributed by atoms with E-state index in [1.807, 2.05) is 13.0 Å². The van der Waals surface area contributed by atoms with Gasteiger partial charge in [0, 0.05) is 6.42 Å². The molecule has 0 aromatic carbocycles. The minimum absolute atomic E-state index is 0.936. The molecule has 0 amide bonds. The van der Waals surface area contributed by atoms with Crippen LogP contribution in [0, 0.1) is 0 Å². The molecule has 0 saturated carbocycles. The fraction of sp³-hybridized carbons (Fsp3) is 0.333. The highest BCUT2D eigenvalue weighted by Gasteiger charge is 1.99. The fourth-order valence-corrected chi connectivity index (χ4v) is 0.778. The second-order valence-electron chi connectivity index (χ2n) is 2.34. The van der Waals surface area contributed by atoms with Crippen LogP contribution >= 0.6 is 0 Å². The Kier molecular flexibility index (Phi) is 2.32. The summed E-state index contributed by atoms with van der Waals surface area (Å²) >= 11 is 0. The van der Waals surface area contributed by atoms with Gasteiger partial charge in [0.25, 0.3) is 0 Å². The van der Waals surface area contributed by atoms with Crippen LogP contribution < -0.4 is 0 Å². The zero-order valence-corrected chi connectivity index (χ0v) is 6.42. The molecule has 0 fully saturated rings. The van der Waals surface area contributed by atoms with Gasteiger partial charge in [-0.2, -0.15) is 0 Å². The van der Waals surface area contributed by atoms with E-state index in [0.29, 0.717) is 0 Å². The highest BCUT2D eigenvalue weighted by atomic mass is 16.5. The lowest BCUT2D eigenvalue weighted by Crippen LogP contribution is -1.77. The van der Waals surface area contributed by atoms with Crippen molar-refractivity contribution in [1.82, 2.24) is 0 Å². The van der Waals surface area contributed by atoms with Gasteiger partial charge in [-0.15, -0.1) is 0 Å². The molecule has 1 heterocycles. The van der Waals surface area contributed by atoms with E-state index in [4.69, 9.17) is 4.74 Å². The van der Waals surface area contributed by atoms with Crippen molar-refractivity contribution in [3.63, 3.8) is 0 Å². The predicted molar refractivity (Wildman–Crippen MR) is 42.4 cm³/mol. The lowest BCUT2D eigenvalue weighted by molar-refractivity contribution is 0.367. The zero-order chi connectivity index (χ0) is 7.40. The first kappa shape index (κ1) is 7.13. The molecule has 0 aromatic rings. The van der Waals surface area contributed by atoms with Gasteiger partial charge in [0.05, 0.1) is 6.26 Å². The molecule has 1 nitrogen and oxygen atoms in total. The maximum atomic E-state index is 5.17. The third-order valence-electron chi connectivity index (χ3n) is 1.48. The van der Waals surface area contributed by atoms with E-state index < -0.39 is 0 Å². The third kappa shape index (κ3) is 1.76. The summed E-state index contributed by atoms with van der Waals surface area (Å²) in [5.41, 5.74) is 1.25. The molecule has 1 aliphatic rings. The topological polar surface area (TPSA) is 9.23 Å². The van der Waals surface area contributed by atoms with Crippen LogP contribution in [0.4, 0.5) is 0 Å². The van der Waals surface area contributed by atoms with Crippen molar-refractivity contribution in [2.24, 2.45) is 0 Å². The van der Waals surface area contributed by atoms with Crippen molar-refractivity contribution in [3.05, 3.63) is 35.8 Å². The maximum Gasteiger partial charge on any atom is 0.107 e. The molecule has 0 radical (unpaired) electrons. The Hall–Kier alpha value is -0.980. The Bertz CT molecular complexity index is 187. The largest absolute Gasteiger partial charge is 0.469 e. The quantitative estimate of drug-likeness (QED) is 0.538. The molecule has 0 spiro atoms. The minimum Gasteiger partial charge on any atom is -0.469 e. The minimum atomic E-state index is 0.936. The summed E-state index contributed by atoms with van der Waals surface area (Å²) in [7, 11) is 0. The molecule has 1 heteroatoms. The Labute approximate surface area is 61.7 Å². The molecule has 1 aliphatic heterocycles. The van der Waals surface area contributed by atoms with E-state index >= 15 is 0 Å². The highest BCUT2D eigenvalue weighted by molar-refractivity contribution is 5.21. The number of rotatable bonds is 1. The Morgan fingerprint density at radius 1 is 1.70 bits per heavy atom. The van der Waals surface area contributed by atoms with Gasteiger partial charge in [-0.25, -0.2) is 0 Å². The average Bonchev–Trinajstić information content (AvgIpc) is 2.40. The van der Waals surface area contributed by atoms with Gasteiger partial charge in [0.15, 0.2) is 0 Å². The van der Waals surface area contributed by atoms with Crippen molar-refractivity contribution < 1.29 is 4.74 Å². The standard InChI is InChI=1S/C9H12O/c1-3-8(2)7-9-5-4-6-10-9/h3-4,6-7H,5H2,1-2H3/b8-3-,9-7+. The molecule has 1 rings (SSSR count). The van der Waals surface area contributed by atoms with Crippen LogP contribution in [0.25, 0.3) is 0 Å². The van der Waals surface area contributed by atoms with E-state index in [0.717, 1.165) is 12.2 Å². The smallest absolute Gasteiger partial charge is 0.107 e. The molecule has 10 heavy (non-hydrogen) atoms. The molecule has 0 bridgehead atoms. The molecule has 0 N–H and O–H groups in total. The SMILES string of the molecule is C/C=C(C)\C=C1/CC=CO1. The normalized spacial score (nSPS) is 21.8. The fourth-order valence-electron chi connectivity index (χ4n) is 0.778. The molecule has 0 aliphatic carbocycles. The van der Waals surface area contributed by atoms with Crippen LogP contribution in [0.5, 0.6) is 0 Å². The summed E-state index contributed by atoms with van der Waals surface area (Å²) in [6, 6.07) is 0. The number of allylic oxidation sites excluding steroid dienone is 4. The molecule has 0 atom stereocenters. The summed E-state index contributed by atoms with van der Waals surface area (Å²) in [4.78, 5) is 0. The summed E-state index contributed by atoms with van der Waals surface area (Å²) in [5, 5.41) is 0. The monoisotopic (exact) mass is 136 g/mol. The molecule has 0 aromatic heterocycles. The van der Waals surface area contributed by atoms with Crippen LogP contribution in [0.3, 0.4) is 0 Å². The second-order valence-corrected chi connectivity index (χ2v) is 2.34. The summed E-state index contributed by atoms with van der Waals surface area (Å²) in [6.45, 7) is 4.09. The van der Waals surface area contributed by atoms with Crippen LogP contribution in [0.1, 0.15) is 20.3 Å². The molecule has 54 valence electrons. The van der Waals surface area contributed by atoms with Crippen molar-refractivity contribution >= 4 is 0 Å². The number of hydrogen-bond donors (Lipinski definition) is 0. The summed E-state index contributed by atoms with van der Waals surface area (Å²) in [5.74, 6) is 1.04. The molecular formula is C9H12O. The van der Waals surface area contributed by atoms with E-state index in [1.165, 1.54) is 5.57 Å². The van der Waals surface area contributed by atoms with Gasteiger partial charge in [-0.3, -0.25) is 0 Å². The maximum absolute atomic E-state index is 5.17. The first-order valence-corrected chi connectivity index (χ1v) is 3.48. The van der Waals surface area contributed by atoms with E-state index in [-0.39, 0.29) is 0 Å². The average molecular weight is 136 g/mol. The van der Waals surface area contributed by atoms with Crippen LogP contribution in [0.15, 0.2) is 35.8 Å². The van der Waals surface area contributed by atoms with Crippen LogP contribution in [-0.2, 0) is 4.74 Å². The van der Waals surface area contributed by atoms with E-state index in [1.54, 1.807) is 6.26 Å². The van der Waals surface area contributed by atoms with Gasteiger partial charge in [0.2, 0.25) is 0 Å². The van der Waals surface area contributed by atoms with Crippen LogP contribution in [-0.4, -0.2) is 0 Å². The first-order valence-electron chi connectivity index (χ1n) is 3.48. The van der Waals surface area contributed by atoms with Crippen molar-refractivity contribution in [2.45, 2.75) is 20.3 Å². The van der Waals surface area contributed by atoms with Crippen molar-refractivity contribution in [2.75, 3.05) is 0 Å². The predicted octanol–water partition coefficient (Wildman–Crippen LogP) is 2.77. The number of ether oxygens (including phenoxy) is 1. The van der Waals surface area contributed by atoms with Gasteiger partial charge >= 0.3 is 0 Å². The highest BCUT2D eigenvalue weighted by Crippen LogP contribution is 2.14. The van der Waals surface area contributed by atoms with Crippen LogP contribution in [0.2, 0.25) is 0 Å². The van der Waals surface area contributed by atoms with Crippen molar-refractivity contribution in [1.29, 1.82) is 0 Å². The molecular weight excluding hydrogens is 124 g/mol. The van der Waals surface area contributed by atoms with Crippen molar-refractivity contribution in [3.8, 4) is 0 Å². The molecule has 0 unspecified atom stereocenters. The Morgan fingerprint density at radius 3 is 3.00 bits per heavy atom. The Morgan fingerprint density at radius 2 is 2.50 bits per heavy atom. The van der Waals surface area contributed by atoms with Gasteiger partial charge in [-0.1, -0.05) is 11.6 Å². The van der Waals surface area contributed by atoms with E-state index in [9.17, 15) is 0 Å². The lowest BCUT2D eigenvalue weighted by Gasteiger charge is -1.95. The summed E-state index contributed by atoms with van der Waals surface area (Å²) in [6.07, 6.45) is 8.80. The molecule has 0 saturated heterocycles.